The average Bonchev–Trinajstić information content (AvgIpc) is 2.94. The molecule has 0 aliphatic carbocycles. The zero-order valence-electron chi connectivity index (χ0n) is 11.8. The Balaban J connectivity index is 1.63. The molecule has 0 aromatic heterocycles. The molecule has 4 nitrogen and oxygen atoms in total. The van der Waals surface area contributed by atoms with E-state index in [1.54, 1.807) is 0 Å². The van der Waals surface area contributed by atoms with Crippen LogP contribution < -0.4 is 10.6 Å². The Kier molecular flexibility index (Phi) is 3.90. The van der Waals surface area contributed by atoms with Crippen LogP contribution in [0.1, 0.15) is 24.8 Å². The number of hydrogen-bond acceptors (Lipinski definition) is 4. The molecule has 1 aromatic carbocycles. The molecule has 3 rings (SSSR count). The van der Waals surface area contributed by atoms with E-state index in [9.17, 15) is 5.26 Å². The molecule has 2 fully saturated rings. The van der Waals surface area contributed by atoms with Gasteiger partial charge in [-0.2, -0.15) is 5.26 Å². The number of para-hydroxylation sites is 1. The zero-order chi connectivity index (χ0) is 13.9. The van der Waals surface area contributed by atoms with E-state index in [1.165, 1.54) is 12.8 Å². The Bertz CT molecular complexity index is 499. The molecule has 1 aromatic rings. The molecule has 2 heterocycles. The van der Waals surface area contributed by atoms with Crippen molar-refractivity contribution in [3.05, 3.63) is 29.8 Å². The number of likely N-dealkylation sites (tertiary alicyclic amines) is 1. The van der Waals surface area contributed by atoms with Crippen molar-refractivity contribution < 1.29 is 0 Å². The van der Waals surface area contributed by atoms with Crippen LogP contribution in [0.4, 0.5) is 5.69 Å². The van der Waals surface area contributed by atoms with Crippen LogP contribution in [0.15, 0.2) is 24.3 Å². The van der Waals surface area contributed by atoms with Crippen LogP contribution in [-0.2, 0) is 0 Å². The molecule has 2 N–H and O–H groups in total. The second-order valence-electron chi connectivity index (χ2n) is 5.89. The van der Waals surface area contributed by atoms with Crippen LogP contribution in [0.2, 0.25) is 0 Å². The van der Waals surface area contributed by atoms with Crippen molar-refractivity contribution in [2.24, 2.45) is 5.73 Å². The summed E-state index contributed by atoms with van der Waals surface area (Å²) in [6, 6.07) is 11.2. The highest BCUT2D eigenvalue weighted by atomic mass is 15.2. The molecule has 1 unspecified atom stereocenters. The molecule has 4 heteroatoms. The lowest BCUT2D eigenvalue weighted by atomic mass is 10.0. The maximum atomic E-state index is 9.20. The molecule has 0 amide bonds. The van der Waals surface area contributed by atoms with E-state index >= 15 is 0 Å². The van der Waals surface area contributed by atoms with Crippen molar-refractivity contribution in [1.29, 1.82) is 5.26 Å². The van der Waals surface area contributed by atoms with Gasteiger partial charge in [-0.15, -0.1) is 0 Å². The summed E-state index contributed by atoms with van der Waals surface area (Å²) in [4.78, 5) is 4.91. The van der Waals surface area contributed by atoms with Crippen molar-refractivity contribution in [3.63, 3.8) is 0 Å². The monoisotopic (exact) mass is 270 g/mol. The average molecular weight is 270 g/mol. The fourth-order valence-electron chi connectivity index (χ4n) is 3.46. The van der Waals surface area contributed by atoms with Gasteiger partial charge in [0, 0.05) is 38.3 Å². The Morgan fingerprint density at radius 1 is 1.10 bits per heavy atom. The van der Waals surface area contributed by atoms with Gasteiger partial charge in [0.15, 0.2) is 0 Å². The summed E-state index contributed by atoms with van der Waals surface area (Å²) < 4.78 is 0. The van der Waals surface area contributed by atoms with Gasteiger partial charge >= 0.3 is 0 Å². The fraction of sp³-hybridized carbons (Fsp3) is 0.562. The van der Waals surface area contributed by atoms with Crippen LogP contribution in [0.25, 0.3) is 0 Å². The number of anilines is 1. The van der Waals surface area contributed by atoms with E-state index < -0.39 is 0 Å². The van der Waals surface area contributed by atoms with Gasteiger partial charge in [-0.25, -0.2) is 0 Å². The second kappa shape index (κ2) is 5.82. The highest BCUT2D eigenvalue weighted by Crippen LogP contribution is 2.26. The number of hydrogen-bond donors (Lipinski definition) is 1. The van der Waals surface area contributed by atoms with E-state index in [-0.39, 0.29) is 0 Å². The summed E-state index contributed by atoms with van der Waals surface area (Å²) in [6.45, 7) is 4.28. The minimum absolute atomic E-state index is 0.368. The standard InChI is InChI=1S/C16H22N4/c17-11-13-3-1-2-4-16(13)19-9-6-15(7-10-19)20-8-5-14(18)12-20/h1-4,14-15H,5-10,12,18H2. The van der Waals surface area contributed by atoms with E-state index in [4.69, 9.17) is 5.73 Å². The lowest BCUT2D eigenvalue weighted by Gasteiger charge is -2.38. The molecule has 2 aliphatic rings. The Hall–Kier alpha value is -1.57. The first-order valence-corrected chi connectivity index (χ1v) is 7.51. The summed E-state index contributed by atoms with van der Waals surface area (Å²) in [7, 11) is 0. The first-order valence-electron chi connectivity index (χ1n) is 7.51. The zero-order valence-corrected chi connectivity index (χ0v) is 11.8. The number of rotatable bonds is 2. The van der Waals surface area contributed by atoms with Crippen LogP contribution in [0, 0.1) is 11.3 Å². The normalized spacial score (nSPS) is 24.8. The molecule has 1 atom stereocenters. The van der Waals surface area contributed by atoms with Crippen LogP contribution >= 0.6 is 0 Å². The fourth-order valence-corrected chi connectivity index (χ4v) is 3.46. The maximum absolute atomic E-state index is 9.20. The molecule has 0 bridgehead atoms. The van der Waals surface area contributed by atoms with Gasteiger partial charge in [0.25, 0.3) is 0 Å². The van der Waals surface area contributed by atoms with Crippen LogP contribution in [0.5, 0.6) is 0 Å². The van der Waals surface area contributed by atoms with Crippen molar-refractivity contribution >= 4 is 5.69 Å². The van der Waals surface area contributed by atoms with Gasteiger partial charge in [0.1, 0.15) is 6.07 Å². The predicted octanol–water partition coefficient (Wildman–Crippen LogP) is 1.56. The molecule has 0 radical (unpaired) electrons. The highest BCUT2D eigenvalue weighted by Gasteiger charge is 2.29. The molecule has 20 heavy (non-hydrogen) atoms. The third-order valence-corrected chi connectivity index (χ3v) is 4.60. The van der Waals surface area contributed by atoms with Crippen molar-refractivity contribution in [1.82, 2.24) is 4.90 Å². The summed E-state index contributed by atoms with van der Waals surface area (Å²) in [6.07, 6.45) is 3.48. The lowest BCUT2D eigenvalue weighted by molar-refractivity contribution is 0.205. The van der Waals surface area contributed by atoms with E-state index in [0.717, 1.165) is 43.9 Å². The number of nitriles is 1. The molecule has 0 saturated carbocycles. The summed E-state index contributed by atoms with van der Waals surface area (Å²) in [5.41, 5.74) is 7.88. The molecule has 2 saturated heterocycles. The summed E-state index contributed by atoms with van der Waals surface area (Å²) >= 11 is 0. The number of nitrogens with zero attached hydrogens (tertiary/aromatic N) is 3. The van der Waals surface area contributed by atoms with Crippen molar-refractivity contribution in [2.75, 3.05) is 31.1 Å². The largest absolute Gasteiger partial charge is 0.370 e. The first kappa shape index (κ1) is 13.4. The first-order chi connectivity index (χ1) is 9.78. The lowest BCUT2D eigenvalue weighted by Crippen LogP contribution is -2.45. The van der Waals surface area contributed by atoms with Gasteiger partial charge in [0.05, 0.1) is 11.3 Å². The van der Waals surface area contributed by atoms with E-state index in [2.05, 4.69) is 21.9 Å². The molecule has 106 valence electrons. The quantitative estimate of drug-likeness (QED) is 0.886. The number of piperidine rings is 1. The molecular weight excluding hydrogens is 248 g/mol. The predicted molar refractivity (Wildman–Crippen MR) is 80.6 cm³/mol. The minimum atomic E-state index is 0.368. The second-order valence-corrected chi connectivity index (χ2v) is 5.89. The van der Waals surface area contributed by atoms with E-state index in [1.807, 2.05) is 18.2 Å². The van der Waals surface area contributed by atoms with Gasteiger partial charge in [-0.3, -0.25) is 4.90 Å². The smallest absolute Gasteiger partial charge is 0.101 e. The van der Waals surface area contributed by atoms with Gasteiger partial charge in [0.2, 0.25) is 0 Å². The molecule has 0 spiro atoms. The van der Waals surface area contributed by atoms with Gasteiger partial charge in [-0.05, 0) is 31.4 Å². The SMILES string of the molecule is N#Cc1ccccc1N1CCC(N2CCC(N)C2)CC1. The van der Waals surface area contributed by atoms with Crippen LogP contribution in [-0.4, -0.2) is 43.2 Å². The maximum Gasteiger partial charge on any atom is 0.101 e. The van der Waals surface area contributed by atoms with Gasteiger partial charge in [-0.1, -0.05) is 12.1 Å². The molecule has 2 aliphatic heterocycles. The number of benzene rings is 1. The Labute approximate surface area is 120 Å². The third kappa shape index (κ3) is 2.65. The third-order valence-electron chi connectivity index (χ3n) is 4.60. The topological polar surface area (TPSA) is 56.3 Å². The summed E-state index contributed by atoms with van der Waals surface area (Å²) in [5.74, 6) is 0. The van der Waals surface area contributed by atoms with Crippen molar-refractivity contribution in [2.45, 2.75) is 31.3 Å². The number of nitrogens with two attached hydrogens (primary N) is 1. The van der Waals surface area contributed by atoms with E-state index in [0.29, 0.717) is 12.1 Å². The minimum Gasteiger partial charge on any atom is -0.370 e. The van der Waals surface area contributed by atoms with Gasteiger partial charge < -0.3 is 10.6 Å². The van der Waals surface area contributed by atoms with Crippen molar-refractivity contribution in [3.8, 4) is 6.07 Å². The van der Waals surface area contributed by atoms with Crippen LogP contribution in [0.3, 0.4) is 0 Å². The summed E-state index contributed by atoms with van der Waals surface area (Å²) in [5, 5.41) is 9.20. The molecular formula is C16H22N4. The highest BCUT2D eigenvalue weighted by molar-refractivity contribution is 5.59. The Morgan fingerprint density at radius 3 is 2.50 bits per heavy atom. The Morgan fingerprint density at radius 2 is 1.85 bits per heavy atom.